The Hall–Kier alpha value is -0.910. The largest absolute Gasteiger partial charge is 0.368 e. The van der Waals surface area contributed by atoms with E-state index in [1.165, 1.54) is 6.20 Å². The molecule has 1 aromatic heterocycles. The lowest BCUT2D eigenvalue weighted by Gasteiger charge is -2.14. The summed E-state index contributed by atoms with van der Waals surface area (Å²) in [6.07, 6.45) is 3.19. The van der Waals surface area contributed by atoms with Crippen LogP contribution in [0.3, 0.4) is 0 Å². The number of halogens is 1. The highest BCUT2D eigenvalue weighted by Crippen LogP contribution is 2.10. The lowest BCUT2D eigenvalue weighted by atomic mass is 10.0. The van der Waals surface area contributed by atoms with Crippen LogP contribution < -0.4 is 16.2 Å². The monoisotopic (exact) mass is 227 g/mol. The number of hydrazine groups is 1. The van der Waals surface area contributed by atoms with Gasteiger partial charge in [0.15, 0.2) is 0 Å². The molecule has 2 heterocycles. The van der Waals surface area contributed by atoms with Crippen LogP contribution in [0, 0.1) is 5.92 Å². The highest BCUT2D eigenvalue weighted by atomic mass is 35.5. The second kappa shape index (κ2) is 4.74. The van der Waals surface area contributed by atoms with E-state index >= 15 is 0 Å². The summed E-state index contributed by atoms with van der Waals surface area (Å²) in [7, 11) is 0. The summed E-state index contributed by atoms with van der Waals surface area (Å²) in [5.74, 6) is 1.27. The quantitative estimate of drug-likeness (QED) is 0.708. The fraction of sp³-hybridized carbons (Fsp3) is 0.556. The van der Waals surface area contributed by atoms with Gasteiger partial charge in [0.2, 0.25) is 0 Å². The summed E-state index contributed by atoms with van der Waals surface area (Å²) in [4.78, 5) is 8.07. The Bertz CT molecular complexity index is 332. The van der Waals surface area contributed by atoms with Gasteiger partial charge in [0.25, 0.3) is 0 Å². The third-order valence-electron chi connectivity index (χ3n) is 2.55. The number of nitrogens with one attached hydrogen (secondary N) is 3. The van der Waals surface area contributed by atoms with Crippen LogP contribution in [0.2, 0.25) is 5.15 Å². The first-order chi connectivity index (χ1) is 7.25. The van der Waals surface area contributed by atoms with E-state index in [2.05, 4.69) is 33.1 Å². The molecule has 2 atom stereocenters. The first kappa shape index (κ1) is 10.6. The number of anilines is 1. The Morgan fingerprint density at radius 2 is 2.47 bits per heavy atom. The number of nitrogens with zero attached hydrogens (tertiary/aromatic N) is 2. The fourth-order valence-corrected chi connectivity index (χ4v) is 1.70. The van der Waals surface area contributed by atoms with Crippen molar-refractivity contribution in [2.24, 2.45) is 5.92 Å². The predicted octanol–water partition coefficient (Wildman–Crippen LogP) is 0.654. The summed E-state index contributed by atoms with van der Waals surface area (Å²) in [5, 5.41) is 3.63. The SMILES string of the molecule is CC1NNCC1CNc1cncc(Cl)n1. The van der Waals surface area contributed by atoms with Gasteiger partial charge in [0, 0.05) is 25.0 Å². The van der Waals surface area contributed by atoms with Crippen LogP contribution in [0.15, 0.2) is 12.4 Å². The van der Waals surface area contributed by atoms with Crippen LogP contribution in [0.1, 0.15) is 6.92 Å². The highest BCUT2D eigenvalue weighted by molar-refractivity contribution is 6.29. The first-order valence-corrected chi connectivity index (χ1v) is 5.33. The van der Waals surface area contributed by atoms with Crippen molar-refractivity contribution >= 4 is 17.4 Å². The molecule has 1 saturated heterocycles. The summed E-state index contributed by atoms with van der Waals surface area (Å²) in [5.41, 5.74) is 6.28. The van der Waals surface area contributed by atoms with Gasteiger partial charge in [-0.1, -0.05) is 11.6 Å². The van der Waals surface area contributed by atoms with Crippen molar-refractivity contribution in [1.82, 2.24) is 20.8 Å². The maximum absolute atomic E-state index is 5.73. The van der Waals surface area contributed by atoms with Crippen molar-refractivity contribution in [1.29, 1.82) is 0 Å². The van der Waals surface area contributed by atoms with Gasteiger partial charge in [-0.3, -0.25) is 15.8 Å². The normalized spacial score (nSPS) is 25.5. The van der Waals surface area contributed by atoms with E-state index in [0.29, 0.717) is 17.1 Å². The molecular formula is C9H14ClN5. The van der Waals surface area contributed by atoms with Gasteiger partial charge in [-0.15, -0.1) is 0 Å². The van der Waals surface area contributed by atoms with Crippen molar-refractivity contribution in [2.75, 3.05) is 18.4 Å². The van der Waals surface area contributed by atoms with E-state index in [-0.39, 0.29) is 0 Å². The molecule has 15 heavy (non-hydrogen) atoms. The molecule has 3 N–H and O–H groups in total. The second-order valence-electron chi connectivity index (χ2n) is 3.68. The van der Waals surface area contributed by atoms with Crippen LogP contribution in [-0.4, -0.2) is 29.1 Å². The van der Waals surface area contributed by atoms with E-state index in [1.54, 1.807) is 6.20 Å². The second-order valence-corrected chi connectivity index (χ2v) is 4.07. The minimum absolute atomic E-state index is 0.413. The molecule has 0 radical (unpaired) electrons. The van der Waals surface area contributed by atoms with Gasteiger partial charge in [0.05, 0.1) is 12.4 Å². The van der Waals surface area contributed by atoms with Crippen molar-refractivity contribution in [2.45, 2.75) is 13.0 Å². The number of hydrogen-bond donors (Lipinski definition) is 3. The molecule has 1 fully saturated rings. The molecular weight excluding hydrogens is 214 g/mol. The summed E-state index contributed by atoms with van der Waals surface area (Å²) < 4.78 is 0. The summed E-state index contributed by atoms with van der Waals surface area (Å²) >= 11 is 5.73. The number of hydrogen-bond acceptors (Lipinski definition) is 5. The Morgan fingerprint density at radius 1 is 1.60 bits per heavy atom. The maximum atomic E-state index is 5.73. The average molecular weight is 228 g/mol. The Labute approximate surface area is 93.6 Å². The van der Waals surface area contributed by atoms with Crippen LogP contribution in [0.4, 0.5) is 5.82 Å². The van der Waals surface area contributed by atoms with Crippen LogP contribution in [-0.2, 0) is 0 Å². The lowest BCUT2D eigenvalue weighted by molar-refractivity contribution is 0.508. The minimum atomic E-state index is 0.413. The Balaban J connectivity index is 1.87. The van der Waals surface area contributed by atoms with Crippen LogP contribution in [0.5, 0.6) is 0 Å². The molecule has 0 amide bonds. The van der Waals surface area contributed by atoms with E-state index in [1.807, 2.05) is 0 Å². The molecule has 5 nitrogen and oxygen atoms in total. The molecule has 0 aliphatic carbocycles. The Kier molecular flexibility index (Phi) is 3.35. The molecule has 6 heteroatoms. The smallest absolute Gasteiger partial charge is 0.149 e. The molecule has 1 aliphatic heterocycles. The molecule has 2 rings (SSSR count). The van der Waals surface area contributed by atoms with Crippen LogP contribution >= 0.6 is 11.6 Å². The van der Waals surface area contributed by atoms with Crippen molar-refractivity contribution in [3.63, 3.8) is 0 Å². The number of rotatable bonds is 3. The zero-order valence-electron chi connectivity index (χ0n) is 8.50. The molecule has 82 valence electrons. The van der Waals surface area contributed by atoms with Crippen molar-refractivity contribution < 1.29 is 0 Å². The van der Waals surface area contributed by atoms with E-state index in [4.69, 9.17) is 11.6 Å². The zero-order chi connectivity index (χ0) is 10.7. The molecule has 1 aliphatic rings. The minimum Gasteiger partial charge on any atom is -0.368 e. The van der Waals surface area contributed by atoms with Gasteiger partial charge in [-0.25, -0.2) is 4.98 Å². The number of aromatic nitrogens is 2. The summed E-state index contributed by atoms with van der Waals surface area (Å²) in [6.45, 7) is 3.97. The molecule has 0 aromatic carbocycles. The molecule has 0 spiro atoms. The Morgan fingerprint density at radius 3 is 3.13 bits per heavy atom. The van der Waals surface area contributed by atoms with Gasteiger partial charge in [-0.2, -0.15) is 0 Å². The zero-order valence-corrected chi connectivity index (χ0v) is 9.25. The van der Waals surface area contributed by atoms with Gasteiger partial charge in [0.1, 0.15) is 11.0 Å². The van der Waals surface area contributed by atoms with Crippen molar-refractivity contribution in [3.05, 3.63) is 17.5 Å². The van der Waals surface area contributed by atoms with Gasteiger partial charge >= 0.3 is 0 Å². The van der Waals surface area contributed by atoms with Gasteiger partial charge in [-0.05, 0) is 6.92 Å². The lowest BCUT2D eigenvalue weighted by Crippen LogP contribution is -2.30. The van der Waals surface area contributed by atoms with E-state index < -0.39 is 0 Å². The third kappa shape index (κ3) is 2.77. The topological polar surface area (TPSA) is 61.9 Å². The van der Waals surface area contributed by atoms with E-state index in [9.17, 15) is 0 Å². The predicted molar refractivity (Wildman–Crippen MR) is 59.6 cm³/mol. The van der Waals surface area contributed by atoms with E-state index in [0.717, 1.165) is 18.9 Å². The van der Waals surface area contributed by atoms with Gasteiger partial charge < -0.3 is 5.32 Å². The summed E-state index contributed by atoms with van der Waals surface area (Å²) in [6, 6.07) is 0.463. The molecule has 2 unspecified atom stereocenters. The first-order valence-electron chi connectivity index (χ1n) is 4.95. The molecule has 1 aromatic rings. The maximum Gasteiger partial charge on any atom is 0.149 e. The third-order valence-corrected chi connectivity index (χ3v) is 2.73. The highest BCUT2D eigenvalue weighted by Gasteiger charge is 2.22. The fourth-order valence-electron chi connectivity index (χ4n) is 1.56. The van der Waals surface area contributed by atoms with Crippen LogP contribution in [0.25, 0.3) is 0 Å². The molecule has 0 bridgehead atoms. The molecule has 0 saturated carbocycles. The standard InChI is InChI=1S/C9H14ClN5/c1-6-7(3-13-15-6)2-12-9-5-11-4-8(10)14-9/h4-7,13,15H,2-3H2,1H3,(H,12,14). The average Bonchev–Trinajstić information content (AvgIpc) is 2.61. The van der Waals surface area contributed by atoms with Crippen molar-refractivity contribution in [3.8, 4) is 0 Å².